The van der Waals surface area contributed by atoms with E-state index in [0.29, 0.717) is 5.75 Å². The molecule has 1 N–H and O–H groups in total. The molecule has 2 fully saturated rings. The smallest absolute Gasteiger partial charge is 0.837 e. The maximum atomic E-state index is 11.0. The zero-order valence-electron chi connectivity index (χ0n) is 12.6. The van der Waals surface area contributed by atoms with Crippen molar-refractivity contribution in [3.63, 3.8) is 0 Å². The average Bonchev–Trinajstić information content (AvgIpc) is 3.41. The number of allylic oxidation sites excluding steroid dienone is 4. The number of rotatable bonds is 0. The Morgan fingerprint density at radius 2 is 1.25 bits per heavy atom. The van der Waals surface area contributed by atoms with Crippen molar-refractivity contribution in [1.29, 1.82) is 0 Å². The molecule has 24 heavy (non-hydrogen) atoms. The van der Waals surface area contributed by atoms with Crippen LogP contribution in [0.2, 0.25) is 0 Å². The van der Waals surface area contributed by atoms with Crippen LogP contribution in [0.4, 0.5) is 0 Å². The van der Waals surface area contributed by atoms with Crippen LogP contribution in [0.3, 0.4) is 0 Å². The molecule has 1 aromatic carbocycles. The molecule has 0 amide bonds. The molecule has 0 bridgehead atoms. The van der Waals surface area contributed by atoms with Crippen LogP contribution in [-0.2, 0) is 16.5 Å². The molecule has 0 radical (unpaired) electrons. The molecule has 4 aliphatic rings. The number of phenolic OH excluding ortho intramolecular Hbond substituents is 1. The molecule has 2 saturated heterocycles. The van der Waals surface area contributed by atoms with Crippen molar-refractivity contribution in [3.8, 4) is 5.75 Å². The van der Waals surface area contributed by atoms with E-state index in [4.69, 9.17) is 5.11 Å². The minimum Gasteiger partial charge on any atom is -0.837 e. The first-order valence-electron chi connectivity index (χ1n) is 7.24. The maximum absolute atomic E-state index is 11.0. The monoisotopic (exact) mass is 402 g/mol. The minimum atomic E-state index is -0.755. The zero-order chi connectivity index (χ0) is 16.3. The van der Waals surface area contributed by atoms with E-state index in [1.165, 1.54) is 23.5 Å². The number of phenols is 1. The van der Waals surface area contributed by atoms with Gasteiger partial charge >= 0.3 is 16.5 Å². The van der Waals surface area contributed by atoms with Gasteiger partial charge in [0.1, 0.15) is 5.75 Å². The third-order valence-electron chi connectivity index (χ3n) is 3.51. The molecule has 3 nitrogen and oxygen atoms in total. The number of benzene rings is 1. The molecule has 2 aliphatic heterocycles. The van der Waals surface area contributed by atoms with Crippen molar-refractivity contribution in [2.45, 2.75) is 20.4 Å². The first-order valence-corrected chi connectivity index (χ1v) is 9.00. The Bertz CT molecular complexity index is 634. The van der Waals surface area contributed by atoms with E-state index in [1.807, 2.05) is 42.5 Å². The molecule has 0 aromatic heterocycles. The molecule has 0 saturated carbocycles. The van der Waals surface area contributed by atoms with Crippen molar-refractivity contribution in [2.75, 3.05) is 0 Å². The second-order valence-corrected chi connectivity index (χ2v) is 8.11. The van der Waals surface area contributed by atoms with E-state index in [2.05, 4.69) is 0 Å². The Labute approximate surface area is 160 Å². The summed E-state index contributed by atoms with van der Waals surface area (Å²) in [4.78, 5) is -1.51. The van der Waals surface area contributed by atoms with Gasteiger partial charge in [-0.25, -0.2) is 0 Å². The molecule has 128 valence electrons. The fourth-order valence-electron chi connectivity index (χ4n) is 2.08. The topological polar surface area (TPSA) is 66.3 Å². The Kier molecular flexibility index (Phi) is 6.46. The van der Waals surface area contributed by atoms with E-state index in [0.717, 1.165) is 0 Å². The van der Waals surface area contributed by atoms with E-state index in [-0.39, 0.29) is 27.0 Å². The number of fused-ring (bicyclic) bond motifs is 2. The van der Waals surface area contributed by atoms with Crippen LogP contribution in [0.1, 0.15) is 0 Å². The summed E-state index contributed by atoms with van der Waals surface area (Å²) in [5.41, 5.74) is 0. The molecule has 4 atom stereocenters. The molecule has 1 aromatic rings. The van der Waals surface area contributed by atoms with Crippen LogP contribution in [0.25, 0.3) is 0 Å². The third kappa shape index (κ3) is 5.04. The van der Waals surface area contributed by atoms with Gasteiger partial charge in [-0.1, -0.05) is 66.8 Å². The summed E-state index contributed by atoms with van der Waals surface area (Å²) in [6, 6.07) is 8.71. The standard InChI is InChI=1S/2C6H5OS.C6H6O.Ni/c2*7-6-4-2-1-3-5(6)8-6;7-6-4-2-1-3-5-6;/h2*1-5H;1-5,7H;/q2*-1;;+2. The number of thioether (sulfide) groups is 2. The zero-order valence-corrected chi connectivity index (χ0v) is 15.2. The van der Waals surface area contributed by atoms with E-state index < -0.39 is 9.87 Å². The van der Waals surface area contributed by atoms with Crippen molar-refractivity contribution in [2.24, 2.45) is 0 Å². The summed E-state index contributed by atoms with van der Waals surface area (Å²) in [5.74, 6) is 0.322. The molecule has 4 unspecified atom stereocenters. The first kappa shape index (κ1) is 19.4. The van der Waals surface area contributed by atoms with Crippen molar-refractivity contribution < 1.29 is 31.8 Å². The van der Waals surface area contributed by atoms with Gasteiger partial charge in [-0.15, -0.1) is 0 Å². The van der Waals surface area contributed by atoms with Gasteiger partial charge in [0.15, 0.2) is 0 Å². The van der Waals surface area contributed by atoms with E-state index in [9.17, 15) is 10.2 Å². The fourth-order valence-corrected chi connectivity index (χ4v) is 3.71. The average molecular weight is 403 g/mol. The van der Waals surface area contributed by atoms with Crippen molar-refractivity contribution in [1.82, 2.24) is 0 Å². The largest absolute Gasteiger partial charge is 2.00 e. The number of hydrogen-bond acceptors (Lipinski definition) is 5. The summed E-state index contributed by atoms with van der Waals surface area (Å²) in [6.07, 6.45) is 14.9. The van der Waals surface area contributed by atoms with Crippen LogP contribution in [0.15, 0.2) is 78.9 Å². The predicted molar refractivity (Wildman–Crippen MR) is 92.9 cm³/mol. The second-order valence-electron chi connectivity index (χ2n) is 5.34. The van der Waals surface area contributed by atoms with E-state index >= 15 is 0 Å². The second kappa shape index (κ2) is 7.98. The fraction of sp³-hybridized carbons (Fsp3) is 0.222. The van der Waals surface area contributed by atoms with Gasteiger partial charge in [0.25, 0.3) is 0 Å². The van der Waals surface area contributed by atoms with Gasteiger partial charge in [-0.2, -0.15) is 23.5 Å². The normalized spacial score (nSPS) is 35.1. The van der Waals surface area contributed by atoms with Crippen LogP contribution < -0.4 is 10.2 Å². The Morgan fingerprint density at radius 1 is 0.792 bits per heavy atom. The van der Waals surface area contributed by atoms with Crippen LogP contribution >= 0.6 is 23.5 Å². The summed E-state index contributed by atoms with van der Waals surface area (Å²) < 4.78 is 0. The molecule has 6 heteroatoms. The van der Waals surface area contributed by atoms with Crippen molar-refractivity contribution >= 4 is 23.5 Å². The van der Waals surface area contributed by atoms with Gasteiger partial charge in [0, 0.05) is 10.5 Å². The quantitative estimate of drug-likeness (QED) is 0.530. The summed E-state index contributed by atoms with van der Waals surface area (Å²) in [5, 5.41) is 31.2. The molecule has 2 heterocycles. The summed E-state index contributed by atoms with van der Waals surface area (Å²) in [7, 11) is 0. The van der Waals surface area contributed by atoms with Gasteiger partial charge in [0.05, 0.1) is 0 Å². The SMILES string of the molecule is Oc1ccccc1.[Ni+2].[O-]C12C=CC=CC1S2.[O-]C12C=CC=CC1S2. The molecular weight excluding hydrogens is 387 g/mol. The Hall–Kier alpha value is -0.906. The minimum absolute atomic E-state index is 0. The molecule has 5 rings (SSSR count). The van der Waals surface area contributed by atoms with Gasteiger partial charge in [-0.05, 0) is 22.0 Å². The van der Waals surface area contributed by atoms with Gasteiger partial charge < -0.3 is 15.3 Å². The van der Waals surface area contributed by atoms with Crippen molar-refractivity contribution in [3.05, 3.63) is 78.9 Å². The Balaban J connectivity index is 0.000000128. The molecule has 0 spiro atoms. The summed E-state index contributed by atoms with van der Waals surface area (Å²) >= 11 is 2.94. The van der Waals surface area contributed by atoms with Crippen LogP contribution in [-0.4, -0.2) is 25.5 Å². The number of hydrogen-bond donors (Lipinski definition) is 1. The van der Waals surface area contributed by atoms with Gasteiger partial charge in [0.2, 0.25) is 0 Å². The first-order chi connectivity index (χ1) is 11.0. The van der Waals surface area contributed by atoms with Gasteiger partial charge in [-0.3, -0.25) is 0 Å². The van der Waals surface area contributed by atoms with E-state index in [1.54, 1.807) is 36.4 Å². The summed E-state index contributed by atoms with van der Waals surface area (Å²) in [6.45, 7) is 0. The Morgan fingerprint density at radius 3 is 1.50 bits per heavy atom. The van der Waals surface area contributed by atoms with Crippen LogP contribution in [0.5, 0.6) is 5.75 Å². The van der Waals surface area contributed by atoms with Crippen LogP contribution in [0, 0.1) is 0 Å². The third-order valence-corrected chi connectivity index (χ3v) is 6.04. The number of aromatic hydroxyl groups is 1. The molecular formula is C18H16NiO3S2. The maximum Gasteiger partial charge on any atom is 2.00 e. The number of para-hydroxylation sites is 1. The molecule has 2 aliphatic carbocycles. The predicted octanol–water partition coefficient (Wildman–Crippen LogP) is 1.96.